The average Bonchev–Trinajstić information content (AvgIpc) is 3.36. The van der Waals surface area contributed by atoms with E-state index in [0.717, 1.165) is 22.4 Å². The summed E-state index contributed by atoms with van der Waals surface area (Å²) in [6.45, 7) is 1.32. The number of nitrogens with one attached hydrogen (secondary N) is 1. The first-order valence-electron chi connectivity index (χ1n) is 8.68. The minimum atomic E-state index is -0.802. The highest BCUT2D eigenvalue weighted by atomic mass is 79.9. The van der Waals surface area contributed by atoms with E-state index in [9.17, 15) is 13.6 Å². The van der Waals surface area contributed by atoms with Crippen LogP contribution in [0.5, 0.6) is 0 Å². The molecule has 1 N–H and O–H groups in total. The van der Waals surface area contributed by atoms with E-state index in [1.165, 1.54) is 11.3 Å². The van der Waals surface area contributed by atoms with Crippen LogP contribution in [0.25, 0.3) is 5.13 Å². The van der Waals surface area contributed by atoms with E-state index in [1.54, 1.807) is 0 Å². The Morgan fingerprint density at radius 2 is 1.82 bits per heavy atom. The van der Waals surface area contributed by atoms with E-state index in [2.05, 4.69) is 36.3 Å². The summed E-state index contributed by atoms with van der Waals surface area (Å²) in [5, 5.41) is 12.6. The molecule has 28 heavy (non-hydrogen) atoms. The number of amides is 1. The van der Waals surface area contributed by atoms with Gasteiger partial charge in [-0.25, -0.2) is 8.78 Å². The van der Waals surface area contributed by atoms with Crippen LogP contribution >= 0.6 is 27.3 Å². The summed E-state index contributed by atoms with van der Waals surface area (Å²) in [6.07, 6.45) is 5.05. The fourth-order valence-electron chi connectivity index (χ4n) is 3.12. The molecule has 1 fully saturated rings. The van der Waals surface area contributed by atoms with Crippen molar-refractivity contribution in [3.63, 3.8) is 0 Å². The molecule has 1 amide bonds. The molecule has 2 aromatic heterocycles. The van der Waals surface area contributed by atoms with Gasteiger partial charge in [0, 0.05) is 41.9 Å². The normalized spacial score (nSPS) is 15.0. The van der Waals surface area contributed by atoms with Crippen molar-refractivity contribution in [2.45, 2.75) is 12.8 Å². The Kier molecular flexibility index (Phi) is 5.40. The Balaban J connectivity index is 1.37. The van der Waals surface area contributed by atoms with Gasteiger partial charge in [-0.05, 0) is 47.0 Å². The molecule has 146 valence electrons. The lowest BCUT2D eigenvalue weighted by Gasteiger charge is -2.30. The van der Waals surface area contributed by atoms with Crippen molar-refractivity contribution in [2.75, 3.05) is 23.3 Å². The predicted octanol–water partition coefficient (Wildman–Crippen LogP) is 4.22. The topological polar surface area (TPSA) is 63.1 Å². The van der Waals surface area contributed by atoms with Crippen molar-refractivity contribution in [1.29, 1.82) is 0 Å². The maximum absolute atomic E-state index is 13.9. The van der Waals surface area contributed by atoms with Gasteiger partial charge < -0.3 is 10.2 Å². The first kappa shape index (κ1) is 19.0. The van der Waals surface area contributed by atoms with Crippen molar-refractivity contribution in [2.24, 2.45) is 5.92 Å². The van der Waals surface area contributed by atoms with Crippen LogP contribution in [0.1, 0.15) is 12.8 Å². The number of carbonyl (C=O) groups is 1. The quantitative estimate of drug-likeness (QED) is 0.623. The molecular formula is C18H16BrF2N5OS. The zero-order valence-corrected chi connectivity index (χ0v) is 17.0. The Morgan fingerprint density at radius 1 is 1.14 bits per heavy atom. The van der Waals surface area contributed by atoms with Gasteiger partial charge in [-0.3, -0.25) is 9.36 Å². The fourth-order valence-corrected chi connectivity index (χ4v) is 4.49. The van der Waals surface area contributed by atoms with Crippen LogP contribution in [-0.2, 0) is 4.79 Å². The van der Waals surface area contributed by atoms with Crippen molar-refractivity contribution in [3.8, 4) is 5.13 Å². The Hall–Kier alpha value is -2.33. The van der Waals surface area contributed by atoms with Gasteiger partial charge in [-0.15, -0.1) is 10.2 Å². The van der Waals surface area contributed by atoms with Crippen molar-refractivity contribution in [3.05, 3.63) is 52.8 Å². The van der Waals surface area contributed by atoms with E-state index < -0.39 is 11.6 Å². The summed E-state index contributed by atoms with van der Waals surface area (Å²) in [4.78, 5) is 14.6. The SMILES string of the molecule is O=C(Nc1c(F)cc(F)cc1Br)C1CCN(c2nnc(-n3cccc3)s2)CC1. The number of nitrogens with zero attached hydrogens (tertiary/aromatic N) is 4. The van der Waals surface area contributed by atoms with E-state index in [4.69, 9.17) is 0 Å². The third-order valence-electron chi connectivity index (χ3n) is 4.62. The van der Waals surface area contributed by atoms with Gasteiger partial charge in [-0.2, -0.15) is 0 Å². The van der Waals surface area contributed by atoms with Gasteiger partial charge in [0.05, 0.1) is 5.69 Å². The van der Waals surface area contributed by atoms with Gasteiger partial charge >= 0.3 is 0 Å². The molecule has 0 unspecified atom stereocenters. The molecule has 1 aliphatic rings. The van der Waals surface area contributed by atoms with Crippen LogP contribution in [0.4, 0.5) is 19.6 Å². The second-order valence-corrected chi connectivity index (χ2v) is 8.24. The standard InChI is InChI=1S/C18H16BrF2N5OS/c19-13-9-12(20)10-14(21)15(13)22-16(27)11-3-7-26(8-4-11)18-24-23-17(28-18)25-5-1-2-6-25/h1-2,5-6,9-11H,3-4,7-8H2,(H,22,27). The van der Waals surface area contributed by atoms with Crippen molar-refractivity contribution >= 4 is 44.0 Å². The summed E-state index contributed by atoms with van der Waals surface area (Å²) in [7, 11) is 0. The molecule has 0 spiro atoms. The summed E-state index contributed by atoms with van der Waals surface area (Å²) >= 11 is 4.58. The molecule has 0 saturated carbocycles. The molecule has 1 aromatic carbocycles. The monoisotopic (exact) mass is 467 g/mol. The summed E-state index contributed by atoms with van der Waals surface area (Å²) in [5.74, 6) is -2.02. The highest BCUT2D eigenvalue weighted by Crippen LogP contribution is 2.30. The molecule has 1 aliphatic heterocycles. The number of benzene rings is 1. The number of hydrogen-bond donors (Lipinski definition) is 1. The van der Waals surface area contributed by atoms with Crippen LogP contribution in [0.2, 0.25) is 0 Å². The zero-order chi connectivity index (χ0) is 19.7. The van der Waals surface area contributed by atoms with Crippen LogP contribution in [0.3, 0.4) is 0 Å². The number of piperidine rings is 1. The van der Waals surface area contributed by atoms with Crippen LogP contribution in [0.15, 0.2) is 41.1 Å². The van der Waals surface area contributed by atoms with Gasteiger partial charge in [0.15, 0.2) is 5.82 Å². The molecule has 3 aromatic rings. The maximum Gasteiger partial charge on any atom is 0.227 e. The third kappa shape index (κ3) is 3.93. The van der Waals surface area contributed by atoms with Gasteiger partial charge in [0.1, 0.15) is 5.82 Å². The van der Waals surface area contributed by atoms with Crippen LogP contribution in [-0.4, -0.2) is 33.8 Å². The Labute approximate surface area is 172 Å². The van der Waals surface area contributed by atoms with E-state index in [0.29, 0.717) is 25.9 Å². The number of hydrogen-bond acceptors (Lipinski definition) is 5. The fraction of sp³-hybridized carbons (Fsp3) is 0.278. The van der Waals surface area contributed by atoms with Crippen molar-refractivity contribution < 1.29 is 13.6 Å². The first-order valence-corrected chi connectivity index (χ1v) is 10.3. The third-order valence-corrected chi connectivity index (χ3v) is 6.24. The molecular weight excluding hydrogens is 452 g/mol. The van der Waals surface area contributed by atoms with Gasteiger partial charge in [0.25, 0.3) is 0 Å². The summed E-state index contributed by atoms with van der Waals surface area (Å²) < 4.78 is 29.2. The summed E-state index contributed by atoms with van der Waals surface area (Å²) in [5.41, 5.74) is -0.0330. The number of rotatable bonds is 4. The smallest absolute Gasteiger partial charge is 0.227 e. The minimum absolute atomic E-state index is 0.0330. The number of halogens is 3. The molecule has 10 heteroatoms. The lowest BCUT2D eigenvalue weighted by molar-refractivity contribution is -0.120. The predicted molar refractivity (Wildman–Crippen MR) is 107 cm³/mol. The lowest BCUT2D eigenvalue weighted by atomic mass is 9.96. The highest BCUT2D eigenvalue weighted by molar-refractivity contribution is 9.10. The minimum Gasteiger partial charge on any atom is -0.347 e. The highest BCUT2D eigenvalue weighted by Gasteiger charge is 2.28. The van der Waals surface area contributed by atoms with Crippen molar-refractivity contribution in [1.82, 2.24) is 14.8 Å². The lowest BCUT2D eigenvalue weighted by Crippen LogP contribution is -2.38. The molecule has 0 aliphatic carbocycles. The van der Waals surface area contributed by atoms with Gasteiger partial charge in [-0.1, -0.05) is 11.3 Å². The zero-order valence-electron chi connectivity index (χ0n) is 14.6. The molecule has 0 bridgehead atoms. The molecule has 4 rings (SSSR count). The van der Waals surface area contributed by atoms with Crippen LogP contribution in [0, 0.1) is 17.6 Å². The number of aromatic nitrogens is 3. The molecule has 3 heterocycles. The van der Waals surface area contributed by atoms with E-state index in [-0.39, 0.29) is 22.0 Å². The Bertz CT molecular complexity index is 963. The second kappa shape index (κ2) is 7.96. The number of carbonyl (C=O) groups excluding carboxylic acids is 1. The van der Waals surface area contributed by atoms with E-state index >= 15 is 0 Å². The molecule has 1 saturated heterocycles. The first-order chi connectivity index (χ1) is 13.5. The van der Waals surface area contributed by atoms with E-state index in [1.807, 2.05) is 29.1 Å². The van der Waals surface area contributed by atoms with Crippen LogP contribution < -0.4 is 10.2 Å². The summed E-state index contributed by atoms with van der Waals surface area (Å²) in [6, 6.07) is 5.72. The molecule has 6 nitrogen and oxygen atoms in total. The Morgan fingerprint density at radius 3 is 2.50 bits per heavy atom. The molecule has 0 atom stereocenters. The largest absolute Gasteiger partial charge is 0.347 e. The number of anilines is 2. The second-order valence-electron chi connectivity index (χ2n) is 6.45. The average molecular weight is 468 g/mol. The molecule has 0 radical (unpaired) electrons. The van der Waals surface area contributed by atoms with Gasteiger partial charge in [0.2, 0.25) is 16.2 Å². The maximum atomic E-state index is 13.9.